The van der Waals surface area contributed by atoms with Gasteiger partial charge in [-0.1, -0.05) is 45.4 Å². The largest absolute Gasteiger partial charge is 0.435 e. The van der Waals surface area contributed by atoms with Crippen molar-refractivity contribution >= 4 is 11.4 Å². The molecule has 2 aromatic carbocycles. The monoisotopic (exact) mass is 539 g/mol. The van der Waals surface area contributed by atoms with E-state index in [4.69, 9.17) is 9.73 Å². The zero-order valence-corrected chi connectivity index (χ0v) is 23.3. The predicted molar refractivity (Wildman–Crippen MR) is 147 cm³/mol. The highest BCUT2D eigenvalue weighted by Gasteiger charge is 2.52. The fourth-order valence-electron chi connectivity index (χ4n) is 5.56. The normalized spacial score (nSPS) is 20.3. The average molecular weight is 540 g/mol. The molecule has 3 aromatic rings. The number of aliphatic imine (C=N–C) groups is 1. The number of nitrogens with zero attached hydrogens (tertiary/aromatic N) is 3. The molecule has 4 atom stereocenters. The molecule has 208 valence electrons. The molecule has 0 radical (unpaired) electrons. The minimum atomic E-state index is -2.88. The predicted octanol–water partition coefficient (Wildman–Crippen LogP) is 7.98. The van der Waals surface area contributed by atoms with Crippen molar-refractivity contribution in [1.29, 1.82) is 0 Å². The van der Waals surface area contributed by atoms with Crippen molar-refractivity contribution in [3.63, 3.8) is 0 Å². The van der Waals surface area contributed by atoms with Gasteiger partial charge in [0.2, 0.25) is 0 Å². The van der Waals surface area contributed by atoms with Gasteiger partial charge in [-0.05, 0) is 68.2 Å². The fourth-order valence-corrected chi connectivity index (χ4v) is 5.56. The van der Waals surface area contributed by atoms with E-state index in [1.807, 2.05) is 26.0 Å². The standard InChI is InChI=1S/C31H36F3N3O2/c1-7-10-24(28-19(4)27(28)18(3)21-11-8-9-12-26(21)39-30(33)34)37-25-14-23(32)22(13-17(25)2)20-15-35-29(36-16-20)31(5,6)38/h8-9,11-16,18-19,27-28,30,38H,7,10H2,1-6H3/b37-24+. The Morgan fingerprint density at radius 1 is 1.15 bits per heavy atom. The lowest BCUT2D eigenvalue weighted by atomic mass is 9.92. The Morgan fingerprint density at radius 3 is 2.44 bits per heavy atom. The first kappa shape index (κ1) is 28.7. The molecule has 0 spiro atoms. The van der Waals surface area contributed by atoms with Crippen molar-refractivity contribution < 1.29 is 23.0 Å². The summed E-state index contributed by atoms with van der Waals surface area (Å²) in [5.41, 5.74) is 2.85. The van der Waals surface area contributed by atoms with E-state index in [9.17, 15) is 13.9 Å². The molecular formula is C31H36F3N3O2. The van der Waals surface area contributed by atoms with Crippen LogP contribution in [0.5, 0.6) is 5.75 Å². The van der Waals surface area contributed by atoms with E-state index >= 15 is 4.39 Å². The molecule has 1 aliphatic carbocycles. The van der Waals surface area contributed by atoms with E-state index in [1.165, 1.54) is 18.5 Å². The molecule has 1 aromatic heterocycles. The highest BCUT2D eigenvalue weighted by molar-refractivity contribution is 5.92. The summed E-state index contributed by atoms with van der Waals surface area (Å²) in [5.74, 6) is 0.731. The van der Waals surface area contributed by atoms with Crippen LogP contribution in [-0.2, 0) is 5.60 Å². The minimum Gasteiger partial charge on any atom is -0.435 e. The number of alkyl halides is 2. The third-order valence-corrected chi connectivity index (χ3v) is 7.60. The average Bonchev–Trinajstić information content (AvgIpc) is 3.55. The highest BCUT2D eigenvalue weighted by Crippen LogP contribution is 2.56. The number of aryl methyl sites for hydroxylation is 1. The van der Waals surface area contributed by atoms with Crippen LogP contribution in [0.4, 0.5) is 18.9 Å². The number of aliphatic hydroxyl groups is 1. The van der Waals surface area contributed by atoms with Gasteiger partial charge in [0, 0.05) is 41.2 Å². The van der Waals surface area contributed by atoms with Crippen LogP contribution in [-0.4, -0.2) is 27.4 Å². The number of benzene rings is 2. The van der Waals surface area contributed by atoms with E-state index in [-0.39, 0.29) is 29.3 Å². The Bertz CT molecular complexity index is 1340. The van der Waals surface area contributed by atoms with Crippen molar-refractivity contribution in [3.05, 3.63) is 71.6 Å². The number of aromatic nitrogens is 2. The van der Waals surface area contributed by atoms with Crippen LogP contribution in [0.15, 0.2) is 53.8 Å². The molecule has 0 bridgehead atoms. The summed E-state index contributed by atoms with van der Waals surface area (Å²) in [6.07, 6.45) is 4.68. The lowest BCUT2D eigenvalue weighted by Gasteiger charge is -2.17. The molecule has 1 N–H and O–H groups in total. The van der Waals surface area contributed by atoms with Crippen LogP contribution in [0.25, 0.3) is 11.1 Å². The molecule has 5 nitrogen and oxygen atoms in total. The maximum Gasteiger partial charge on any atom is 0.387 e. The quantitative estimate of drug-likeness (QED) is 0.265. The topological polar surface area (TPSA) is 67.6 Å². The van der Waals surface area contributed by atoms with Crippen LogP contribution in [0, 0.1) is 30.5 Å². The van der Waals surface area contributed by atoms with Gasteiger partial charge in [-0.25, -0.2) is 14.4 Å². The number of hydrogen-bond acceptors (Lipinski definition) is 5. The van der Waals surface area contributed by atoms with Gasteiger partial charge in [-0.15, -0.1) is 0 Å². The van der Waals surface area contributed by atoms with E-state index in [0.29, 0.717) is 22.7 Å². The number of halogens is 3. The summed E-state index contributed by atoms with van der Waals surface area (Å²) in [5, 5.41) is 10.1. The summed E-state index contributed by atoms with van der Waals surface area (Å²) >= 11 is 0. The first-order valence-electron chi connectivity index (χ1n) is 13.4. The summed E-state index contributed by atoms with van der Waals surface area (Å²) < 4.78 is 46.1. The van der Waals surface area contributed by atoms with E-state index in [2.05, 4.69) is 23.8 Å². The number of hydrogen-bond donors (Lipinski definition) is 1. The lowest BCUT2D eigenvalue weighted by molar-refractivity contribution is -0.0506. The van der Waals surface area contributed by atoms with Gasteiger partial charge < -0.3 is 9.84 Å². The van der Waals surface area contributed by atoms with Gasteiger partial charge in [0.25, 0.3) is 0 Å². The molecule has 4 unspecified atom stereocenters. The van der Waals surface area contributed by atoms with Crippen LogP contribution in [0.3, 0.4) is 0 Å². The molecule has 1 aliphatic rings. The highest BCUT2D eigenvalue weighted by atomic mass is 19.3. The van der Waals surface area contributed by atoms with Crippen LogP contribution in [0.2, 0.25) is 0 Å². The Morgan fingerprint density at radius 2 is 1.82 bits per heavy atom. The third-order valence-electron chi connectivity index (χ3n) is 7.60. The number of ether oxygens (including phenoxy) is 1. The second kappa shape index (κ2) is 11.5. The minimum absolute atomic E-state index is 0.00548. The lowest BCUT2D eigenvalue weighted by Crippen LogP contribution is -2.19. The van der Waals surface area contributed by atoms with Crippen molar-refractivity contribution in [2.45, 2.75) is 72.5 Å². The molecule has 1 saturated carbocycles. The van der Waals surface area contributed by atoms with Crippen molar-refractivity contribution in [2.24, 2.45) is 22.7 Å². The molecule has 1 heterocycles. The Hall–Kier alpha value is -3.26. The van der Waals surface area contributed by atoms with Gasteiger partial charge in [0.15, 0.2) is 5.82 Å². The molecule has 1 fully saturated rings. The molecule has 0 saturated heterocycles. The second-order valence-electron chi connectivity index (χ2n) is 11.0. The van der Waals surface area contributed by atoms with Crippen molar-refractivity contribution in [3.8, 4) is 16.9 Å². The summed E-state index contributed by atoms with van der Waals surface area (Å²) in [6, 6.07) is 10.1. The van der Waals surface area contributed by atoms with Gasteiger partial charge in [0.1, 0.15) is 17.2 Å². The summed E-state index contributed by atoms with van der Waals surface area (Å²) in [6.45, 7) is 8.48. The number of rotatable bonds is 10. The third kappa shape index (κ3) is 6.32. The smallest absolute Gasteiger partial charge is 0.387 e. The Balaban J connectivity index is 1.61. The maximum absolute atomic E-state index is 15.3. The SMILES string of the molecule is CCC/C(=N\c1cc(F)c(-c2cnc(C(C)(C)O)nc2)cc1C)C1C(C)C1C(C)c1ccccc1OC(F)F. The zero-order chi connectivity index (χ0) is 28.5. The van der Waals surface area contributed by atoms with Gasteiger partial charge in [0.05, 0.1) is 5.69 Å². The molecule has 8 heteroatoms. The Labute approximate surface area is 228 Å². The van der Waals surface area contributed by atoms with Crippen molar-refractivity contribution in [1.82, 2.24) is 9.97 Å². The molecule has 39 heavy (non-hydrogen) atoms. The van der Waals surface area contributed by atoms with Crippen molar-refractivity contribution in [2.75, 3.05) is 0 Å². The first-order chi connectivity index (χ1) is 18.4. The second-order valence-corrected chi connectivity index (χ2v) is 11.0. The fraction of sp³-hybridized carbons (Fsp3) is 0.452. The first-order valence-corrected chi connectivity index (χ1v) is 13.4. The van der Waals surface area contributed by atoms with Gasteiger partial charge in [-0.3, -0.25) is 4.99 Å². The van der Waals surface area contributed by atoms with Crippen LogP contribution < -0.4 is 4.74 Å². The molecule has 0 aliphatic heterocycles. The van der Waals surface area contributed by atoms with Gasteiger partial charge in [-0.2, -0.15) is 8.78 Å². The van der Waals surface area contributed by atoms with Gasteiger partial charge >= 0.3 is 6.61 Å². The van der Waals surface area contributed by atoms with E-state index in [1.54, 1.807) is 32.0 Å². The summed E-state index contributed by atoms with van der Waals surface area (Å²) in [4.78, 5) is 13.4. The zero-order valence-electron chi connectivity index (χ0n) is 23.3. The molecule has 0 amide bonds. The molecule has 4 rings (SSSR count). The van der Waals surface area contributed by atoms with E-state index in [0.717, 1.165) is 29.7 Å². The van der Waals surface area contributed by atoms with Crippen LogP contribution >= 0.6 is 0 Å². The number of para-hydroxylation sites is 1. The molecular weight excluding hydrogens is 503 g/mol. The van der Waals surface area contributed by atoms with E-state index < -0.39 is 18.0 Å². The van der Waals surface area contributed by atoms with Crippen LogP contribution in [0.1, 0.15) is 70.3 Å². The Kier molecular flexibility index (Phi) is 8.45. The maximum atomic E-state index is 15.3. The summed E-state index contributed by atoms with van der Waals surface area (Å²) in [7, 11) is 0.